The molecule has 100 valence electrons. The van der Waals surface area contributed by atoms with Gasteiger partial charge in [0.2, 0.25) is 0 Å². The number of halogens is 1. The highest BCUT2D eigenvalue weighted by atomic mass is 79.9. The topological polar surface area (TPSA) is 25.8 Å². The second kappa shape index (κ2) is 5.91. The Morgan fingerprint density at radius 1 is 1.17 bits per heavy atom. The van der Waals surface area contributed by atoms with Gasteiger partial charge in [-0.25, -0.2) is 9.97 Å². The monoisotopic (exact) mass is 328 g/mol. The van der Waals surface area contributed by atoms with Crippen molar-refractivity contribution in [2.45, 2.75) is 68.6 Å². The number of hydrogen-bond acceptors (Lipinski definition) is 3. The van der Waals surface area contributed by atoms with Gasteiger partial charge in [0, 0.05) is 16.7 Å². The van der Waals surface area contributed by atoms with E-state index in [4.69, 9.17) is 4.98 Å². The van der Waals surface area contributed by atoms with E-state index in [1.807, 2.05) is 11.8 Å². The second-order valence-electron chi connectivity index (χ2n) is 5.98. The molecule has 0 atom stereocenters. The molecule has 1 aliphatic carbocycles. The number of nitrogens with zero attached hydrogens (tertiary/aromatic N) is 2. The smallest absolute Gasteiger partial charge is 0.136 e. The number of thioether (sulfide) groups is 1. The van der Waals surface area contributed by atoms with Gasteiger partial charge in [-0.2, -0.15) is 0 Å². The fourth-order valence-electron chi connectivity index (χ4n) is 2.15. The molecule has 4 heteroatoms. The lowest BCUT2D eigenvalue weighted by atomic mass is 9.96. The fraction of sp³-hybridized carbons (Fsp3) is 0.714. The molecule has 0 radical (unpaired) electrons. The summed E-state index contributed by atoms with van der Waals surface area (Å²) in [5, 5.41) is 1.86. The zero-order chi connectivity index (χ0) is 13.2. The molecular formula is C14H21BrN2S. The van der Waals surface area contributed by atoms with Gasteiger partial charge in [-0.05, 0) is 28.8 Å². The molecule has 2 rings (SSSR count). The zero-order valence-electron chi connectivity index (χ0n) is 11.4. The molecule has 0 bridgehead atoms. The Kier molecular flexibility index (Phi) is 4.70. The minimum atomic E-state index is 0.00561. The molecule has 0 spiro atoms. The van der Waals surface area contributed by atoms with Crippen LogP contribution in [-0.4, -0.2) is 15.2 Å². The molecular weight excluding hydrogens is 308 g/mol. The minimum Gasteiger partial charge on any atom is -0.226 e. The Morgan fingerprint density at radius 2 is 1.83 bits per heavy atom. The largest absolute Gasteiger partial charge is 0.226 e. The van der Waals surface area contributed by atoms with Crippen LogP contribution in [0.3, 0.4) is 0 Å². The second-order valence-corrected chi connectivity index (χ2v) is 8.11. The predicted octanol–water partition coefficient (Wildman–Crippen LogP) is 4.96. The summed E-state index contributed by atoms with van der Waals surface area (Å²) in [5.74, 6) is 0.926. The van der Waals surface area contributed by atoms with Crippen molar-refractivity contribution in [3.63, 3.8) is 0 Å². The van der Waals surface area contributed by atoms with Crippen molar-refractivity contribution >= 4 is 27.7 Å². The lowest BCUT2D eigenvalue weighted by Gasteiger charge is -2.22. The van der Waals surface area contributed by atoms with E-state index >= 15 is 0 Å². The first kappa shape index (κ1) is 14.3. The Morgan fingerprint density at radius 3 is 2.44 bits per heavy atom. The minimum absolute atomic E-state index is 0.00561. The van der Waals surface area contributed by atoms with Gasteiger partial charge < -0.3 is 0 Å². The third kappa shape index (κ3) is 3.95. The van der Waals surface area contributed by atoms with Crippen molar-refractivity contribution in [1.82, 2.24) is 9.97 Å². The van der Waals surface area contributed by atoms with E-state index in [0.717, 1.165) is 20.7 Å². The molecule has 0 aromatic carbocycles. The molecule has 1 saturated carbocycles. The molecule has 0 aliphatic heterocycles. The summed E-state index contributed by atoms with van der Waals surface area (Å²) in [4.78, 5) is 9.21. The van der Waals surface area contributed by atoms with Crippen molar-refractivity contribution in [3.05, 3.63) is 16.5 Å². The molecule has 1 aromatic rings. The fourth-order valence-corrected chi connectivity index (χ4v) is 3.91. The Labute approximate surface area is 123 Å². The molecule has 1 aliphatic rings. The van der Waals surface area contributed by atoms with Crippen molar-refractivity contribution < 1.29 is 0 Å². The highest BCUT2D eigenvalue weighted by molar-refractivity contribution is 9.10. The molecule has 1 aromatic heterocycles. The van der Waals surface area contributed by atoms with E-state index < -0.39 is 0 Å². The van der Waals surface area contributed by atoms with Gasteiger partial charge in [-0.1, -0.05) is 40.0 Å². The van der Waals surface area contributed by atoms with Gasteiger partial charge in [0.1, 0.15) is 15.5 Å². The van der Waals surface area contributed by atoms with E-state index in [1.54, 1.807) is 0 Å². The summed E-state index contributed by atoms with van der Waals surface area (Å²) in [6.07, 6.45) is 6.80. The molecule has 18 heavy (non-hydrogen) atoms. The normalized spacial score (nSPS) is 18.0. The van der Waals surface area contributed by atoms with Crippen molar-refractivity contribution in [2.75, 3.05) is 0 Å². The number of rotatable bonds is 2. The third-order valence-corrected chi connectivity index (χ3v) is 4.84. The maximum atomic E-state index is 4.72. The van der Waals surface area contributed by atoms with Gasteiger partial charge in [0.05, 0.1) is 0 Å². The van der Waals surface area contributed by atoms with Crippen LogP contribution in [0.4, 0.5) is 0 Å². The number of hydrogen-bond donors (Lipinski definition) is 0. The summed E-state index contributed by atoms with van der Waals surface area (Å²) in [5.41, 5.74) is 0.00561. The van der Waals surface area contributed by atoms with E-state index in [9.17, 15) is 0 Å². The Balaban J connectivity index is 2.14. The molecule has 1 fully saturated rings. The average Bonchev–Trinajstić information content (AvgIpc) is 2.28. The van der Waals surface area contributed by atoms with Crippen LogP contribution in [-0.2, 0) is 5.41 Å². The Hall–Kier alpha value is -0.0900. The first-order valence-corrected chi connectivity index (χ1v) is 8.34. The van der Waals surface area contributed by atoms with E-state index in [1.165, 1.54) is 32.1 Å². The van der Waals surface area contributed by atoms with Crippen molar-refractivity contribution in [2.24, 2.45) is 0 Å². The summed E-state index contributed by atoms with van der Waals surface area (Å²) in [7, 11) is 0. The van der Waals surface area contributed by atoms with Crippen LogP contribution < -0.4 is 0 Å². The summed E-state index contributed by atoms with van der Waals surface area (Å²) in [6.45, 7) is 6.47. The van der Waals surface area contributed by atoms with Crippen LogP contribution in [0, 0.1) is 0 Å². The van der Waals surface area contributed by atoms with Crippen molar-refractivity contribution in [1.29, 1.82) is 0 Å². The van der Waals surface area contributed by atoms with Crippen LogP contribution in [0.2, 0.25) is 0 Å². The maximum absolute atomic E-state index is 4.72. The van der Waals surface area contributed by atoms with E-state index in [0.29, 0.717) is 0 Å². The quantitative estimate of drug-likeness (QED) is 0.717. The first-order valence-electron chi connectivity index (χ1n) is 6.67. The van der Waals surface area contributed by atoms with Gasteiger partial charge in [-0.3, -0.25) is 0 Å². The van der Waals surface area contributed by atoms with Gasteiger partial charge >= 0.3 is 0 Å². The average molecular weight is 329 g/mol. The molecule has 1 heterocycles. The van der Waals surface area contributed by atoms with Gasteiger partial charge in [0.15, 0.2) is 0 Å². The van der Waals surface area contributed by atoms with E-state index in [-0.39, 0.29) is 5.41 Å². The molecule has 0 amide bonds. The van der Waals surface area contributed by atoms with Crippen LogP contribution >= 0.6 is 27.7 Å². The lowest BCUT2D eigenvalue weighted by molar-refractivity contribution is 0.514. The highest BCUT2D eigenvalue weighted by Crippen LogP contribution is 2.34. The molecule has 2 nitrogen and oxygen atoms in total. The lowest BCUT2D eigenvalue weighted by Crippen LogP contribution is -2.17. The predicted molar refractivity (Wildman–Crippen MR) is 81.2 cm³/mol. The standard InChI is InChI=1S/C14H21BrN2S/c1-14(2,3)13-16-11(15)9-12(17-13)18-10-7-5-4-6-8-10/h9-10H,4-8H2,1-3H3. The first-order chi connectivity index (χ1) is 8.45. The summed E-state index contributed by atoms with van der Waals surface area (Å²) < 4.78 is 0.903. The summed E-state index contributed by atoms with van der Waals surface area (Å²) in [6, 6.07) is 2.05. The van der Waals surface area contributed by atoms with Crippen LogP contribution in [0.1, 0.15) is 58.7 Å². The Bertz CT molecular complexity index is 409. The van der Waals surface area contributed by atoms with Gasteiger partial charge in [0.25, 0.3) is 0 Å². The van der Waals surface area contributed by atoms with E-state index in [2.05, 4.69) is 47.8 Å². The van der Waals surface area contributed by atoms with Crippen LogP contribution in [0.25, 0.3) is 0 Å². The van der Waals surface area contributed by atoms with Crippen LogP contribution in [0.5, 0.6) is 0 Å². The maximum Gasteiger partial charge on any atom is 0.136 e. The SMILES string of the molecule is CC(C)(C)c1nc(Br)cc(SC2CCCCC2)n1. The number of aromatic nitrogens is 2. The molecule has 0 N–H and O–H groups in total. The molecule has 0 unspecified atom stereocenters. The molecule has 0 saturated heterocycles. The third-order valence-electron chi connectivity index (χ3n) is 3.18. The van der Waals surface area contributed by atoms with Crippen molar-refractivity contribution in [3.8, 4) is 0 Å². The van der Waals surface area contributed by atoms with Crippen LogP contribution in [0.15, 0.2) is 15.7 Å². The zero-order valence-corrected chi connectivity index (χ0v) is 13.8. The summed E-state index contributed by atoms with van der Waals surface area (Å²) >= 11 is 5.43. The van der Waals surface area contributed by atoms with Gasteiger partial charge in [-0.15, -0.1) is 11.8 Å². The highest BCUT2D eigenvalue weighted by Gasteiger charge is 2.21.